The van der Waals surface area contributed by atoms with E-state index in [1.54, 1.807) is 39.8 Å². The molecule has 2 aliphatic rings. The van der Waals surface area contributed by atoms with Crippen LogP contribution in [0.2, 0.25) is 0 Å². The van der Waals surface area contributed by atoms with Crippen LogP contribution in [0.3, 0.4) is 0 Å². The summed E-state index contributed by atoms with van der Waals surface area (Å²) in [5, 5.41) is 11.7. The van der Waals surface area contributed by atoms with Gasteiger partial charge < -0.3 is 14.6 Å². The van der Waals surface area contributed by atoms with E-state index in [9.17, 15) is 14.7 Å². The molecule has 30 heavy (non-hydrogen) atoms. The second-order valence-electron chi connectivity index (χ2n) is 9.56. The van der Waals surface area contributed by atoms with Crippen molar-refractivity contribution < 1.29 is 24.2 Å². The highest BCUT2D eigenvalue weighted by molar-refractivity contribution is 5.88. The molecule has 5 nitrogen and oxygen atoms in total. The largest absolute Gasteiger partial charge is 0.458 e. The third kappa shape index (κ3) is 4.41. The highest BCUT2D eigenvalue weighted by Crippen LogP contribution is 2.58. The van der Waals surface area contributed by atoms with Gasteiger partial charge in [0.2, 0.25) is 0 Å². The lowest BCUT2D eigenvalue weighted by molar-refractivity contribution is -0.172. The van der Waals surface area contributed by atoms with Gasteiger partial charge in [0, 0.05) is 28.9 Å². The number of hydrogen-bond donors (Lipinski definition) is 1. The number of allylic oxidation sites excluding steroid dienone is 2. The van der Waals surface area contributed by atoms with Gasteiger partial charge in [0.25, 0.3) is 0 Å². The molecule has 1 saturated carbocycles. The SMILES string of the molecule is CC=C(C)C(=O)OC1CC(C)=CC(OC(=O)C(C)=CC)C2(C)CCC(O)(C(C)C)C12. The maximum Gasteiger partial charge on any atom is 0.333 e. The van der Waals surface area contributed by atoms with Gasteiger partial charge in [-0.15, -0.1) is 0 Å². The third-order valence-corrected chi connectivity index (χ3v) is 7.30. The molecule has 0 amide bonds. The van der Waals surface area contributed by atoms with Crippen LogP contribution < -0.4 is 0 Å². The lowest BCUT2D eigenvalue weighted by Gasteiger charge is -2.45. The number of carbonyl (C=O) groups is 2. The molecular formula is C25H38O5. The van der Waals surface area contributed by atoms with Crippen LogP contribution >= 0.6 is 0 Å². The fraction of sp³-hybridized carbons (Fsp3) is 0.680. The minimum absolute atomic E-state index is 0.0274. The van der Waals surface area contributed by atoms with Gasteiger partial charge in [-0.1, -0.05) is 38.5 Å². The van der Waals surface area contributed by atoms with E-state index in [0.717, 1.165) is 5.57 Å². The second-order valence-corrected chi connectivity index (χ2v) is 9.56. The zero-order valence-corrected chi connectivity index (χ0v) is 19.7. The first kappa shape index (κ1) is 24.4. The molecular weight excluding hydrogens is 380 g/mol. The van der Waals surface area contributed by atoms with Crippen LogP contribution in [0.15, 0.2) is 34.9 Å². The van der Waals surface area contributed by atoms with E-state index in [1.165, 1.54) is 0 Å². The zero-order valence-electron chi connectivity index (χ0n) is 19.7. The fourth-order valence-corrected chi connectivity index (χ4v) is 4.97. The van der Waals surface area contributed by atoms with Crippen LogP contribution in [-0.4, -0.2) is 34.9 Å². The Kier molecular flexibility index (Phi) is 7.39. The predicted molar refractivity (Wildman–Crippen MR) is 118 cm³/mol. The summed E-state index contributed by atoms with van der Waals surface area (Å²) in [6.07, 6.45) is 6.23. The molecule has 0 aromatic heterocycles. The molecule has 0 radical (unpaired) electrons. The third-order valence-electron chi connectivity index (χ3n) is 7.30. The monoisotopic (exact) mass is 418 g/mol. The molecule has 1 N–H and O–H groups in total. The van der Waals surface area contributed by atoms with Crippen LogP contribution in [0.1, 0.15) is 74.7 Å². The number of fused-ring (bicyclic) bond motifs is 1. The van der Waals surface area contributed by atoms with E-state index in [1.807, 2.05) is 26.8 Å². The van der Waals surface area contributed by atoms with Crippen LogP contribution in [0.25, 0.3) is 0 Å². The molecule has 0 aliphatic heterocycles. The number of esters is 2. The Labute approximate surface area is 181 Å². The Morgan fingerprint density at radius 2 is 1.63 bits per heavy atom. The summed E-state index contributed by atoms with van der Waals surface area (Å²) >= 11 is 0. The average molecular weight is 419 g/mol. The molecule has 0 bridgehead atoms. The van der Waals surface area contributed by atoms with Crippen LogP contribution in [0.5, 0.6) is 0 Å². The van der Waals surface area contributed by atoms with Crippen molar-refractivity contribution in [3.05, 3.63) is 34.9 Å². The quantitative estimate of drug-likeness (QED) is 0.391. The normalized spacial score (nSPS) is 34.9. The lowest BCUT2D eigenvalue weighted by atomic mass is 9.66. The van der Waals surface area contributed by atoms with Crippen LogP contribution in [0, 0.1) is 17.3 Å². The van der Waals surface area contributed by atoms with E-state index in [2.05, 4.69) is 6.92 Å². The van der Waals surface area contributed by atoms with Gasteiger partial charge in [-0.3, -0.25) is 0 Å². The first-order chi connectivity index (χ1) is 13.9. The molecule has 5 heteroatoms. The molecule has 1 fully saturated rings. The Bertz CT molecular complexity index is 774. The summed E-state index contributed by atoms with van der Waals surface area (Å²) in [6, 6.07) is 0. The number of ether oxygens (including phenoxy) is 2. The number of hydrogen-bond acceptors (Lipinski definition) is 5. The number of carbonyl (C=O) groups excluding carboxylic acids is 2. The van der Waals surface area contributed by atoms with Crippen molar-refractivity contribution in [2.75, 3.05) is 0 Å². The number of rotatable bonds is 5. The summed E-state index contributed by atoms with van der Waals surface area (Å²) in [6.45, 7) is 15.1. The summed E-state index contributed by atoms with van der Waals surface area (Å²) in [5.41, 5.74) is 0.524. The zero-order chi connectivity index (χ0) is 22.9. The van der Waals surface area contributed by atoms with Crippen LogP contribution in [0.4, 0.5) is 0 Å². The Morgan fingerprint density at radius 1 is 1.10 bits per heavy atom. The lowest BCUT2D eigenvalue weighted by Crippen LogP contribution is -2.53. The minimum Gasteiger partial charge on any atom is -0.458 e. The standard InChI is InChI=1S/C25H38O5/c1-9-17(6)22(26)29-19-13-16(5)14-20(30-23(27)18(7)10-2)24(8)11-12-25(28,15(3)4)21(19)24/h9-10,14-15,19-21,28H,11-13H2,1-8H3. The Morgan fingerprint density at radius 3 is 2.13 bits per heavy atom. The second kappa shape index (κ2) is 9.09. The summed E-state index contributed by atoms with van der Waals surface area (Å²) < 4.78 is 11.9. The Hall–Kier alpha value is -1.88. The predicted octanol–water partition coefficient (Wildman–Crippen LogP) is 4.90. The molecule has 0 aromatic carbocycles. The highest BCUT2D eigenvalue weighted by Gasteiger charge is 2.63. The number of aliphatic hydroxyl groups is 1. The van der Waals surface area contributed by atoms with Crippen molar-refractivity contribution in [3.63, 3.8) is 0 Å². The molecule has 5 unspecified atom stereocenters. The van der Waals surface area contributed by atoms with Gasteiger partial charge in [-0.2, -0.15) is 0 Å². The Balaban J connectivity index is 2.53. The van der Waals surface area contributed by atoms with Gasteiger partial charge in [0.05, 0.1) is 5.60 Å². The van der Waals surface area contributed by atoms with Crippen molar-refractivity contribution in [3.8, 4) is 0 Å². The summed E-state index contributed by atoms with van der Waals surface area (Å²) in [5.74, 6) is -1.10. The van der Waals surface area contributed by atoms with Gasteiger partial charge in [-0.05, 0) is 59.5 Å². The van der Waals surface area contributed by atoms with E-state index in [0.29, 0.717) is 30.4 Å². The van der Waals surface area contributed by atoms with E-state index < -0.39 is 23.2 Å². The topological polar surface area (TPSA) is 72.8 Å². The van der Waals surface area contributed by atoms with Crippen molar-refractivity contribution in [2.45, 2.75) is 92.5 Å². The first-order valence-electron chi connectivity index (χ1n) is 11.0. The van der Waals surface area contributed by atoms with Gasteiger partial charge in [0.15, 0.2) is 0 Å². The van der Waals surface area contributed by atoms with Crippen molar-refractivity contribution >= 4 is 11.9 Å². The molecule has 2 aliphatic carbocycles. The fourth-order valence-electron chi connectivity index (χ4n) is 4.97. The van der Waals surface area contributed by atoms with E-state index in [4.69, 9.17) is 9.47 Å². The van der Waals surface area contributed by atoms with E-state index in [-0.39, 0.29) is 23.8 Å². The molecule has 5 atom stereocenters. The molecule has 0 heterocycles. The average Bonchev–Trinajstić information content (AvgIpc) is 2.92. The molecule has 2 rings (SSSR count). The minimum atomic E-state index is -1.01. The maximum absolute atomic E-state index is 12.6. The van der Waals surface area contributed by atoms with E-state index >= 15 is 0 Å². The molecule has 168 valence electrons. The van der Waals surface area contributed by atoms with Gasteiger partial charge >= 0.3 is 11.9 Å². The summed E-state index contributed by atoms with van der Waals surface area (Å²) in [4.78, 5) is 25.2. The van der Waals surface area contributed by atoms with Gasteiger partial charge in [0.1, 0.15) is 12.2 Å². The smallest absolute Gasteiger partial charge is 0.333 e. The van der Waals surface area contributed by atoms with Crippen LogP contribution in [-0.2, 0) is 19.1 Å². The summed E-state index contributed by atoms with van der Waals surface area (Å²) in [7, 11) is 0. The molecule has 0 spiro atoms. The van der Waals surface area contributed by atoms with Crippen molar-refractivity contribution in [1.82, 2.24) is 0 Å². The highest BCUT2D eigenvalue weighted by atomic mass is 16.6. The van der Waals surface area contributed by atoms with Gasteiger partial charge in [-0.25, -0.2) is 9.59 Å². The molecule has 0 aromatic rings. The maximum atomic E-state index is 12.6. The first-order valence-corrected chi connectivity index (χ1v) is 11.0. The van der Waals surface area contributed by atoms with Crippen molar-refractivity contribution in [1.29, 1.82) is 0 Å². The van der Waals surface area contributed by atoms with Crippen molar-refractivity contribution in [2.24, 2.45) is 17.3 Å². The molecule has 0 saturated heterocycles.